The Morgan fingerprint density at radius 1 is 1.16 bits per heavy atom. The minimum Gasteiger partial charge on any atom is -0.493 e. The molecule has 0 unspecified atom stereocenters. The summed E-state index contributed by atoms with van der Waals surface area (Å²) in [6, 6.07) is 12.8. The van der Waals surface area contributed by atoms with Gasteiger partial charge in [0.05, 0.1) is 20.9 Å². The van der Waals surface area contributed by atoms with Crippen molar-refractivity contribution in [1.29, 1.82) is 0 Å². The van der Waals surface area contributed by atoms with Gasteiger partial charge in [-0.3, -0.25) is 4.79 Å². The van der Waals surface area contributed by atoms with Crippen LogP contribution in [0, 0.1) is 0 Å². The molecule has 9 heteroatoms. The average Bonchev–Trinajstić information content (AvgIpc) is 3.13. The highest BCUT2D eigenvalue weighted by atomic mass is 35.5. The fraction of sp³-hybridized carbons (Fsp3) is 0.304. The van der Waals surface area contributed by atoms with Gasteiger partial charge < -0.3 is 9.84 Å². The molecule has 2 heterocycles. The number of aromatic nitrogens is 2. The normalized spacial score (nSPS) is 15.3. The van der Waals surface area contributed by atoms with Crippen LogP contribution in [0.5, 0.6) is 11.6 Å². The highest BCUT2D eigenvalue weighted by molar-refractivity contribution is 7.93. The summed E-state index contributed by atoms with van der Waals surface area (Å²) in [4.78, 5) is 13.1. The number of nitrogens with zero attached hydrogens (tertiary/aromatic N) is 3. The number of hydrogen-bond donors (Lipinski definition) is 1. The zero-order valence-electron chi connectivity index (χ0n) is 17.7. The van der Waals surface area contributed by atoms with E-state index in [0.29, 0.717) is 17.3 Å². The van der Waals surface area contributed by atoms with Crippen LogP contribution in [0.2, 0.25) is 5.02 Å². The molecule has 1 aliphatic rings. The quantitative estimate of drug-likeness (QED) is 0.515. The van der Waals surface area contributed by atoms with Crippen molar-refractivity contribution in [2.24, 2.45) is 11.4 Å². The van der Waals surface area contributed by atoms with E-state index in [1.165, 1.54) is 24.0 Å². The predicted molar refractivity (Wildman–Crippen MR) is 124 cm³/mol. The molecule has 2 aromatic carbocycles. The van der Waals surface area contributed by atoms with E-state index in [0.717, 1.165) is 24.8 Å². The molecule has 0 bridgehead atoms. The molecule has 1 aliphatic heterocycles. The number of hydrogen-bond acceptors (Lipinski definition) is 6. The summed E-state index contributed by atoms with van der Waals surface area (Å²) in [6.07, 6.45) is 3.98. The molecule has 1 fully saturated rings. The molecule has 32 heavy (non-hydrogen) atoms. The fourth-order valence-electron chi connectivity index (χ4n) is 3.59. The maximum absolute atomic E-state index is 13.3. The van der Waals surface area contributed by atoms with E-state index in [1.807, 2.05) is 30.3 Å². The maximum atomic E-state index is 13.3. The third-order valence-electron chi connectivity index (χ3n) is 5.40. The number of aryl methyl sites for hydroxylation is 1. The Bertz CT molecular complexity index is 1250. The monoisotopic (exact) mass is 473 g/mol. The molecule has 0 amide bonds. The number of ether oxygens (including phenoxy) is 1. The first-order valence-corrected chi connectivity index (χ1v) is 12.6. The molecule has 1 N–H and O–H groups in total. The summed E-state index contributed by atoms with van der Waals surface area (Å²) < 4.78 is 25.1. The van der Waals surface area contributed by atoms with Gasteiger partial charge >= 0.3 is 0 Å². The second-order valence-electron chi connectivity index (χ2n) is 7.72. The van der Waals surface area contributed by atoms with Crippen molar-refractivity contribution in [2.45, 2.75) is 25.9 Å². The lowest BCUT2D eigenvalue weighted by Gasteiger charge is -2.18. The molecular weight excluding hydrogens is 450 g/mol. The number of carbonyl (C=O) groups excluding carboxylic acids is 1. The van der Waals surface area contributed by atoms with Crippen LogP contribution in [-0.2, 0) is 23.4 Å². The molecule has 3 aromatic rings. The molecule has 1 saturated heterocycles. The highest BCUT2D eigenvalue weighted by Crippen LogP contribution is 2.41. The Labute approximate surface area is 192 Å². The second kappa shape index (κ2) is 9.34. The summed E-state index contributed by atoms with van der Waals surface area (Å²) in [7, 11) is -0.969. The van der Waals surface area contributed by atoms with Gasteiger partial charge in [-0.2, -0.15) is 9.46 Å². The summed E-state index contributed by atoms with van der Waals surface area (Å²) >= 11 is 6.65. The van der Waals surface area contributed by atoms with Gasteiger partial charge in [-0.15, -0.1) is 0 Å². The van der Waals surface area contributed by atoms with E-state index in [9.17, 15) is 14.1 Å². The second-order valence-corrected chi connectivity index (χ2v) is 10.6. The average molecular weight is 474 g/mol. The van der Waals surface area contributed by atoms with Crippen LogP contribution in [0.1, 0.15) is 40.7 Å². The van der Waals surface area contributed by atoms with Crippen LogP contribution < -0.4 is 4.74 Å². The fourth-order valence-corrected chi connectivity index (χ4v) is 6.13. The van der Waals surface area contributed by atoms with Gasteiger partial charge in [-0.25, -0.2) is 8.89 Å². The van der Waals surface area contributed by atoms with Crippen LogP contribution in [0.3, 0.4) is 0 Å². The summed E-state index contributed by atoms with van der Waals surface area (Å²) in [5, 5.41) is 14.1. The zero-order valence-corrected chi connectivity index (χ0v) is 19.2. The van der Waals surface area contributed by atoms with Crippen LogP contribution in [0.25, 0.3) is 0 Å². The largest absolute Gasteiger partial charge is 0.493 e. The Balaban J connectivity index is 1.77. The number of rotatable bonds is 6. The third-order valence-corrected chi connectivity index (χ3v) is 8.15. The highest BCUT2D eigenvalue weighted by Gasteiger charge is 2.25. The molecule has 4 rings (SSSR count). The van der Waals surface area contributed by atoms with Crippen molar-refractivity contribution < 1.29 is 18.8 Å². The van der Waals surface area contributed by atoms with E-state index < -0.39 is 15.5 Å². The van der Waals surface area contributed by atoms with Crippen LogP contribution in [-0.4, -0.2) is 36.4 Å². The van der Waals surface area contributed by atoms with E-state index in [-0.39, 0.29) is 34.3 Å². The van der Waals surface area contributed by atoms with Gasteiger partial charge in [0.15, 0.2) is 0 Å². The molecule has 1 aromatic heterocycles. The summed E-state index contributed by atoms with van der Waals surface area (Å²) in [6.45, 7) is 0.275. The molecular formula is C23H24ClN3O4S. The topological polar surface area (TPSA) is 93.8 Å². The standard InChI is InChI=1S/C23H24ClN3O4S/c1-27-23(29)18(14-25-27)22(28)17-10-11-19(31-15-16-8-4-2-5-9-16)21(20(17)24)26-32(30)12-6-3-7-13-32/h2,4-5,8-11,14,29H,3,6-7,12-13,15H2,1H3. The van der Waals surface area contributed by atoms with Gasteiger partial charge in [0.25, 0.3) is 0 Å². The SMILES string of the molecule is Cn1ncc(C(=O)c2ccc(OCc3ccccc3)c(N=S3(=O)CCCCC3)c2Cl)c1O. The van der Waals surface area contributed by atoms with Crippen molar-refractivity contribution in [3.63, 3.8) is 0 Å². The number of carbonyl (C=O) groups is 1. The molecule has 7 nitrogen and oxygen atoms in total. The number of aromatic hydroxyl groups is 1. The minimum absolute atomic E-state index is 0.0279. The van der Waals surface area contributed by atoms with Crippen molar-refractivity contribution in [1.82, 2.24) is 9.78 Å². The number of benzene rings is 2. The Morgan fingerprint density at radius 3 is 2.53 bits per heavy atom. The van der Waals surface area contributed by atoms with Gasteiger partial charge in [0.2, 0.25) is 11.7 Å². The van der Waals surface area contributed by atoms with E-state index in [4.69, 9.17) is 16.3 Å². The van der Waals surface area contributed by atoms with E-state index in [2.05, 4.69) is 9.46 Å². The van der Waals surface area contributed by atoms with E-state index >= 15 is 0 Å². The van der Waals surface area contributed by atoms with Gasteiger partial charge in [0, 0.05) is 24.1 Å². The van der Waals surface area contributed by atoms with Crippen LogP contribution in [0.4, 0.5) is 5.69 Å². The first-order valence-electron chi connectivity index (χ1n) is 10.4. The lowest BCUT2D eigenvalue weighted by Crippen LogP contribution is -2.16. The van der Waals surface area contributed by atoms with Gasteiger partial charge in [0.1, 0.15) is 23.6 Å². The smallest absolute Gasteiger partial charge is 0.220 e. The Hall–Kier alpha value is -2.84. The third kappa shape index (κ3) is 4.66. The lowest BCUT2D eigenvalue weighted by molar-refractivity contribution is 0.103. The summed E-state index contributed by atoms with van der Waals surface area (Å²) in [5.74, 6) is 0.586. The van der Waals surface area contributed by atoms with Crippen molar-refractivity contribution in [3.8, 4) is 11.6 Å². The van der Waals surface area contributed by atoms with Crippen LogP contribution in [0.15, 0.2) is 53.0 Å². The van der Waals surface area contributed by atoms with Crippen molar-refractivity contribution in [2.75, 3.05) is 11.5 Å². The molecule has 0 radical (unpaired) electrons. The Morgan fingerprint density at radius 2 is 1.88 bits per heavy atom. The minimum atomic E-state index is -2.50. The van der Waals surface area contributed by atoms with Crippen molar-refractivity contribution >= 4 is 32.8 Å². The van der Waals surface area contributed by atoms with Crippen LogP contribution >= 0.6 is 11.6 Å². The van der Waals surface area contributed by atoms with Gasteiger partial charge in [-0.05, 0) is 30.5 Å². The Kier molecular flexibility index (Phi) is 6.53. The van der Waals surface area contributed by atoms with E-state index in [1.54, 1.807) is 6.07 Å². The molecule has 0 spiro atoms. The first-order chi connectivity index (χ1) is 15.4. The maximum Gasteiger partial charge on any atom is 0.220 e. The zero-order chi connectivity index (χ0) is 22.7. The first kappa shape index (κ1) is 22.4. The molecule has 0 aliphatic carbocycles. The molecule has 168 valence electrons. The summed E-state index contributed by atoms with van der Waals surface area (Å²) in [5.41, 5.74) is 1.33. The lowest BCUT2D eigenvalue weighted by atomic mass is 10.0. The van der Waals surface area contributed by atoms with Crippen molar-refractivity contribution in [3.05, 3.63) is 70.4 Å². The predicted octanol–water partition coefficient (Wildman–Crippen LogP) is 4.87. The number of halogens is 1. The van der Waals surface area contributed by atoms with Gasteiger partial charge in [-0.1, -0.05) is 48.4 Å². The number of ketones is 1. The molecule has 0 atom stereocenters. The molecule has 0 saturated carbocycles.